The molecule has 0 spiro atoms. The fraction of sp³-hybridized carbons (Fsp3) is 0.350. The molecule has 4 heteroatoms. The van der Waals surface area contributed by atoms with Gasteiger partial charge in [-0.15, -0.1) is 0 Å². The molecule has 2 aromatic rings. The fourth-order valence-corrected chi connectivity index (χ4v) is 3.01. The summed E-state index contributed by atoms with van der Waals surface area (Å²) in [6.07, 6.45) is 1.92. The van der Waals surface area contributed by atoms with E-state index in [1.165, 1.54) is 5.56 Å². The third-order valence-corrected chi connectivity index (χ3v) is 4.32. The molecule has 0 atom stereocenters. The Kier molecular flexibility index (Phi) is 5.85. The molecule has 0 aliphatic carbocycles. The highest BCUT2D eigenvalue weighted by atomic mass is 16.5. The molecule has 2 aromatic carbocycles. The highest BCUT2D eigenvalue weighted by Crippen LogP contribution is 2.15. The molecule has 24 heavy (non-hydrogen) atoms. The largest absolute Gasteiger partial charge is 0.493 e. The zero-order valence-electron chi connectivity index (χ0n) is 14.3. The summed E-state index contributed by atoms with van der Waals surface area (Å²) in [7, 11) is 0. The smallest absolute Gasteiger partial charge is 0.128 e. The van der Waals surface area contributed by atoms with Gasteiger partial charge in [0.1, 0.15) is 12.3 Å². The van der Waals surface area contributed by atoms with Crippen LogP contribution in [0.5, 0.6) is 5.75 Å². The lowest BCUT2D eigenvalue weighted by Crippen LogP contribution is -3.13. The van der Waals surface area contributed by atoms with E-state index < -0.39 is 0 Å². The van der Waals surface area contributed by atoms with Crippen LogP contribution in [0.2, 0.25) is 0 Å². The Hall–Kier alpha value is -2.33. The van der Waals surface area contributed by atoms with Crippen molar-refractivity contribution in [1.82, 2.24) is 5.01 Å². The maximum absolute atomic E-state index is 5.65. The van der Waals surface area contributed by atoms with E-state index in [4.69, 9.17) is 4.74 Å². The average molecular weight is 324 g/mol. The number of hydrogen-bond acceptors (Lipinski definition) is 3. The molecule has 0 unspecified atom stereocenters. The van der Waals surface area contributed by atoms with Gasteiger partial charge in [-0.2, -0.15) is 5.10 Å². The number of para-hydroxylation sites is 1. The number of ether oxygens (including phenoxy) is 1. The molecule has 0 saturated carbocycles. The molecule has 0 amide bonds. The van der Waals surface area contributed by atoms with E-state index in [9.17, 15) is 0 Å². The minimum absolute atomic E-state index is 0.673. The van der Waals surface area contributed by atoms with Gasteiger partial charge < -0.3 is 9.64 Å². The Bertz CT molecular complexity index is 649. The molecule has 1 heterocycles. The van der Waals surface area contributed by atoms with Crippen LogP contribution in [0.4, 0.5) is 0 Å². The summed E-state index contributed by atoms with van der Waals surface area (Å²) in [5.74, 6) is 0.900. The van der Waals surface area contributed by atoms with Crippen LogP contribution in [0, 0.1) is 0 Å². The second-order valence-corrected chi connectivity index (χ2v) is 6.08. The molecule has 126 valence electrons. The summed E-state index contributed by atoms with van der Waals surface area (Å²) in [6, 6.07) is 18.8. The van der Waals surface area contributed by atoms with E-state index in [0.29, 0.717) is 6.61 Å². The normalized spacial score (nSPS) is 15.8. The highest BCUT2D eigenvalue weighted by molar-refractivity contribution is 5.83. The van der Waals surface area contributed by atoms with Crippen LogP contribution in [-0.4, -0.2) is 44.0 Å². The predicted molar refractivity (Wildman–Crippen MR) is 97.6 cm³/mol. The molecular formula is C20H26N3O+. The number of hydrogen-bond donors (Lipinski definition) is 1. The molecule has 0 bridgehead atoms. The lowest BCUT2D eigenvalue weighted by molar-refractivity contribution is -0.918. The second-order valence-electron chi connectivity index (χ2n) is 6.08. The Morgan fingerprint density at radius 1 is 1.04 bits per heavy atom. The first-order valence-corrected chi connectivity index (χ1v) is 8.73. The van der Waals surface area contributed by atoms with Crippen molar-refractivity contribution in [2.45, 2.75) is 13.5 Å². The third kappa shape index (κ3) is 4.59. The topological polar surface area (TPSA) is 29.3 Å². The highest BCUT2D eigenvalue weighted by Gasteiger charge is 2.18. The minimum atomic E-state index is 0.673. The van der Waals surface area contributed by atoms with E-state index >= 15 is 0 Å². The van der Waals surface area contributed by atoms with Crippen molar-refractivity contribution >= 4 is 6.21 Å². The SMILES string of the molecule is CCOc1ccccc1C=NN1CC[NH+](Cc2ccccc2)CC1. The zero-order chi connectivity index (χ0) is 16.6. The number of hydrazone groups is 1. The monoisotopic (exact) mass is 324 g/mol. The Balaban J connectivity index is 1.52. The molecule has 1 N–H and O–H groups in total. The van der Waals surface area contributed by atoms with Crippen LogP contribution in [-0.2, 0) is 6.54 Å². The van der Waals surface area contributed by atoms with Gasteiger partial charge in [-0.05, 0) is 19.1 Å². The predicted octanol–water partition coefficient (Wildman–Crippen LogP) is 1.82. The van der Waals surface area contributed by atoms with Crippen molar-refractivity contribution in [1.29, 1.82) is 0 Å². The first-order chi connectivity index (χ1) is 11.8. The number of piperazine rings is 1. The zero-order valence-corrected chi connectivity index (χ0v) is 14.3. The van der Waals surface area contributed by atoms with Crippen LogP contribution in [0.15, 0.2) is 59.7 Å². The van der Waals surface area contributed by atoms with E-state index in [-0.39, 0.29) is 0 Å². The van der Waals surface area contributed by atoms with Crippen molar-refractivity contribution in [2.24, 2.45) is 5.10 Å². The second kappa shape index (κ2) is 8.50. The summed E-state index contributed by atoms with van der Waals surface area (Å²) >= 11 is 0. The molecule has 0 aromatic heterocycles. The lowest BCUT2D eigenvalue weighted by atomic mass is 10.2. The molecule has 0 radical (unpaired) electrons. The van der Waals surface area contributed by atoms with Crippen LogP contribution < -0.4 is 9.64 Å². The van der Waals surface area contributed by atoms with Gasteiger partial charge in [-0.3, -0.25) is 5.01 Å². The van der Waals surface area contributed by atoms with Gasteiger partial charge in [0.15, 0.2) is 0 Å². The molecule has 3 rings (SSSR count). The summed E-state index contributed by atoms with van der Waals surface area (Å²) in [6.45, 7) is 8.02. The van der Waals surface area contributed by atoms with Gasteiger partial charge >= 0.3 is 0 Å². The molecular weight excluding hydrogens is 298 g/mol. The van der Waals surface area contributed by atoms with Crippen molar-refractivity contribution in [3.8, 4) is 5.75 Å². The van der Waals surface area contributed by atoms with E-state index in [2.05, 4.69) is 40.4 Å². The summed E-state index contributed by atoms with van der Waals surface area (Å²) < 4.78 is 5.65. The van der Waals surface area contributed by atoms with Gasteiger partial charge in [0.2, 0.25) is 0 Å². The lowest BCUT2D eigenvalue weighted by Gasteiger charge is -2.30. The fourth-order valence-electron chi connectivity index (χ4n) is 3.01. The Labute approximate surface area is 144 Å². The number of nitrogens with zero attached hydrogens (tertiary/aromatic N) is 2. The maximum atomic E-state index is 5.65. The van der Waals surface area contributed by atoms with Crippen molar-refractivity contribution in [2.75, 3.05) is 32.8 Å². The van der Waals surface area contributed by atoms with Gasteiger partial charge in [-0.1, -0.05) is 42.5 Å². The number of rotatable bonds is 6. The first kappa shape index (κ1) is 16.5. The standard InChI is InChI=1S/C20H25N3O/c1-2-24-20-11-7-6-10-19(20)16-21-23-14-12-22(13-15-23)17-18-8-4-3-5-9-18/h3-11,16H,2,12-15,17H2,1H3/p+1. The number of quaternary nitrogens is 1. The summed E-state index contributed by atoms with van der Waals surface area (Å²) in [5.41, 5.74) is 2.45. The third-order valence-electron chi connectivity index (χ3n) is 4.32. The van der Waals surface area contributed by atoms with E-state index in [1.54, 1.807) is 4.90 Å². The van der Waals surface area contributed by atoms with Gasteiger partial charge in [-0.25, -0.2) is 0 Å². The number of nitrogens with one attached hydrogen (secondary N) is 1. The van der Waals surface area contributed by atoms with Crippen LogP contribution in [0.1, 0.15) is 18.1 Å². The van der Waals surface area contributed by atoms with E-state index in [1.807, 2.05) is 37.4 Å². The van der Waals surface area contributed by atoms with Crippen molar-refractivity contribution in [3.63, 3.8) is 0 Å². The summed E-state index contributed by atoms with van der Waals surface area (Å²) in [4.78, 5) is 1.63. The Morgan fingerprint density at radius 3 is 2.50 bits per heavy atom. The molecule has 1 saturated heterocycles. The molecule has 1 aliphatic rings. The van der Waals surface area contributed by atoms with Gasteiger partial charge in [0.05, 0.1) is 39.0 Å². The van der Waals surface area contributed by atoms with Crippen molar-refractivity contribution in [3.05, 3.63) is 65.7 Å². The van der Waals surface area contributed by atoms with Crippen LogP contribution in [0.3, 0.4) is 0 Å². The number of benzene rings is 2. The van der Waals surface area contributed by atoms with Gasteiger partial charge in [0.25, 0.3) is 0 Å². The molecule has 1 fully saturated rings. The van der Waals surface area contributed by atoms with Crippen molar-refractivity contribution < 1.29 is 9.64 Å². The Morgan fingerprint density at radius 2 is 1.75 bits per heavy atom. The van der Waals surface area contributed by atoms with Gasteiger partial charge in [0, 0.05) is 11.1 Å². The van der Waals surface area contributed by atoms with E-state index in [0.717, 1.165) is 44.0 Å². The maximum Gasteiger partial charge on any atom is 0.128 e. The van der Waals surface area contributed by atoms with Crippen LogP contribution >= 0.6 is 0 Å². The summed E-state index contributed by atoms with van der Waals surface area (Å²) in [5, 5.41) is 6.82. The van der Waals surface area contributed by atoms with Crippen LogP contribution in [0.25, 0.3) is 0 Å². The molecule has 4 nitrogen and oxygen atoms in total. The average Bonchev–Trinajstić information content (AvgIpc) is 2.63. The quantitative estimate of drug-likeness (QED) is 0.822. The minimum Gasteiger partial charge on any atom is -0.493 e. The first-order valence-electron chi connectivity index (χ1n) is 8.73. The molecule has 1 aliphatic heterocycles.